The highest BCUT2D eigenvalue weighted by molar-refractivity contribution is 5.95. The number of ether oxygens (including phenoxy) is 1. The van der Waals surface area contributed by atoms with E-state index < -0.39 is 0 Å². The van der Waals surface area contributed by atoms with Crippen LogP contribution in [0.3, 0.4) is 0 Å². The zero-order valence-corrected chi connectivity index (χ0v) is 9.58. The lowest BCUT2D eigenvalue weighted by Gasteiger charge is -2.18. The Morgan fingerprint density at radius 1 is 1.53 bits per heavy atom. The lowest BCUT2D eigenvalue weighted by Crippen LogP contribution is -2.25. The number of carbonyl (C=O) groups excluding carboxylic acids is 2. The highest BCUT2D eigenvalue weighted by Crippen LogP contribution is 2.28. The molecule has 0 bridgehead atoms. The number of anilines is 1. The number of amides is 2. The molecule has 5 nitrogen and oxygen atoms in total. The molecule has 17 heavy (non-hydrogen) atoms. The van der Waals surface area contributed by atoms with Crippen molar-refractivity contribution in [1.82, 2.24) is 5.32 Å². The summed E-state index contributed by atoms with van der Waals surface area (Å²) in [4.78, 5) is 21.9. The number of nitrogens with one attached hydrogen (secondary N) is 2. The number of hydrogen-bond donors (Lipinski definition) is 2. The molecule has 2 N–H and O–H groups in total. The predicted octanol–water partition coefficient (Wildman–Crippen LogP) is 0.696. The molecule has 0 unspecified atom stereocenters. The zero-order valence-electron chi connectivity index (χ0n) is 9.58. The average molecular weight is 234 g/mol. The Morgan fingerprint density at radius 2 is 2.35 bits per heavy atom. The minimum Gasteiger partial charge on any atom is -0.482 e. The Hall–Kier alpha value is -2.04. The van der Waals surface area contributed by atoms with Gasteiger partial charge in [0.2, 0.25) is 5.91 Å². The van der Waals surface area contributed by atoms with Crippen molar-refractivity contribution in [3.63, 3.8) is 0 Å². The van der Waals surface area contributed by atoms with Gasteiger partial charge in [-0.15, -0.1) is 0 Å². The number of carbonyl (C=O) groups is 2. The second kappa shape index (κ2) is 4.86. The van der Waals surface area contributed by atoms with Gasteiger partial charge in [-0.1, -0.05) is 6.07 Å². The summed E-state index contributed by atoms with van der Waals surface area (Å²) in [6.07, 6.45) is 0.725. The molecule has 1 aliphatic rings. The van der Waals surface area contributed by atoms with Crippen LogP contribution >= 0.6 is 0 Å². The molecule has 0 aliphatic carbocycles. The average Bonchev–Trinajstić information content (AvgIpc) is 2.28. The van der Waals surface area contributed by atoms with Crippen molar-refractivity contribution >= 4 is 17.5 Å². The predicted molar refractivity (Wildman–Crippen MR) is 63.0 cm³/mol. The quantitative estimate of drug-likeness (QED) is 0.808. The molecule has 0 spiro atoms. The van der Waals surface area contributed by atoms with Gasteiger partial charge in [-0.25, -0.2) is 0 Å². The van der Waals surface area contributed by atoms with Gasteiger partial charge in [0.1, 0.15) is 5.75 Å². The van der Waals surface area contributed by atoms with Crippen LogP contribution in [0.2, 0.25) is 0 Å². The zero-order chi connectivity index (χ0) is 12.3. The Kier molecular flexibility index (Phi) is 3.27. The first-order chi connectivity index (χ1) is 8.15. The van der Waals surface area contributed by atoms with Crippen LogP contribution in [0.4, 0.5) is 5.69 Å². The molecule has 1 heterocycles. The van der Waals surface area contributed by atoms with E-state index in [4.69, 9.17) is 4.74 Å². The van der Waals surface area contributed by atoms with Crippen LogP contribution in [0.5, 0.6) is 5.75 Å². The fraction of sp³-hybridized carbons (Fsp3) is 0.333. The number of benzene rings is 1. The molecule has 1 aromatic carbocycles. The fourth-order valence-electron chi connectivity index (χ4n) is 1.67. The van der Waals surface area contributed by atoms with Crippen molar-refractivity contribution < 1.29 is 14.3 Å². The molecule has 0 saturated heterocycles. The van der Waals surface area contributed by atoms with Crippen molar-refractivity contribution in [2.75, 3.05) is 18.5 Å². The molecular weight excluding hydrogens is 220 g/mol. The Balaban J connectivity index is 2.02. The third-order valence-corrected chi connectivity index (χ3v) is 2.46. The van der Waals surface area contributed by atoms with E-state index in [1.807, 2.05) is 18.2 Å². The van der Waals surface area contributed by atoms with E-state index in [1.165, 1.54) is 6.92 Å². The lowest BCUT2D eigenvalue weighted by atomic mass is 10.1. The van der Waals surface area contributed by atoms with Gasteiger partial charge in [-0.2, -0.15) is 0 Å². The van der Waals surface area contributed by atoms with Crippen LogP contribution in [0.15, 0.2) is 18.2 Å². The summed E-state index contributed by atoms with van der Waals surface area (Å²) >= 11 is 0. The third-order valence-electron chi connectivity index (χ3n) is 2.46. The van der Waals surface area contributed by atoms with Crippen molar-refractivity contribution in [3.05, 3.63) is 23.8 Å². The monoisotopic (exact) mass is 234 g/mol. The fourth-order valence-corrected chi connectivity index (χ4v) is 1.67. The van der Waals surface area contributed by atoms with Crippen molar-refractivity contribution in [2.45, 2.75) is 13.3 Å². The van der Waals surface area contributed by atoms with Crippen LogP contribution in [-0.2, 0) is 16.0 Å². The summed E-state index contributed by atoms with van der Waals surface area (Å²) in [6, 6.07) is 5.63. The highest BCUT2D eigenvalue weighted by Gasteiger charge is 2.15. The van der Waals surface area contributed by atoms with Crippen molar-refractivity contribution in [2.24, 2.45) is 0 Å². The lowest BCUT2D eigenvalue weighted by molar-refractivity contribution is -0.119. The second-order valence-corrected chi connectivity index (χ2v) is 3.90. The maximum absolute atomic E-state index is 11.1. The molecular formula is C12H14N2O3. The van der Waals surface area contributed by atoms with E-state index in [0.717, 1.165) is 12.0 Å². The standard InChI is InChI=1S/C12H14N2O3/c1-8(15)13-5-4-9-2-3-11-10(6-9)14-12(16)7-17-11/h2-3,6H,4-5,7H2,1H3,(H,13,15)(H,14,16). The second-order valence-electron chi connectivity index (χ2n) is 3.90. The van der Waals surface area contributed by atoms with Crippen molar-refractivity contribution in [1.29, 1.82) is 0 Å². The normalized spacial score (nSPS) is 13.4. The third kappa shape index (κ3) is 2.96. The summed E-state index contributed by atoms with van der Waals surface area (Å²) in [6.45, 7) is 2.14. The van der Waals surface area contributed by atoms with E-state index >= 15 is 0 Å². The Morgan fingerprint density at radius 3 is 3.12 bits per heavy atom. The van der Waals surface area contributed by atoms with Crippen LogP contribution in [0.25, 0.3) is 0 Å². The molecule has 0 fully saturated rings. The summed E-state index contributed by atoms with van der Waals surface area (Å²) < 4.78 is 5.25. The molecule has 1 aromatic rings. The minimum atomic E-state index is -0.142. The van der Waals surface area contributed by atoms with E-state index in [2.05, 4.69) is 10.6 Å². The summed E-state index contributed by atoms with van der Waals surface area (Å²) in [5.74, 6) is 0.504. The molecule has 0 saturated carbocycles. The van der Waals surface area contributed by atoms with Gasteiger partial charge in [0.05, 0.1) is 5.69 Å². The SMILES string of the molecule is CC(=O)NCCc1ccc2c(c1)NC(=O)CO2. The Bertz CT molecular complexity index is 457. The van der Waals surface area contributed by atoms with Gasteiger partial charge in [-0.05, 0) is 24.1 Å². The van der Waals surface area contributed by atoms with Gasteiger partial charge in [0.15, 0.2) is 6.61 Å². The first kappa shape index (κ1) is 11.4. The summed E-state index contributed by atoms with van der Waals surface area (Å²) in [5.41, 5.74) is 1.74. The molecule has 1 aliphatic heterocycles. The smallest absolute Gasteiger partial charge is 0.262 e. The number of hydrogen-bond acceptors (Lipinski definition) is 3. The van der Waals surface area contributed by atoms with Crippen LogP contribution in [-0.4, -0.2) is 25.0 Å². The topological polar surface area (TPSA) is 67.4 Å². The van der Waals surface area contributed by atoms with E-state index in [-0.39, 0.29) is 18.4 Å². The van der Waals surface area contributed by atoms with Gasteiger partial charge in [-0.3, -0.25) is 9.59 Å². The van der Waals surface area contributed by atoms with Crippen LogP contribution < -0.4 is 15.4 Å². The summed E-state index contributed by atoms with van der Waals surface area (Å²) in [7, 11) is 0. The van der Waals surface area contributed by atoms with Gasteiger partial charge < -0.3 is 15.4 Å². The molecule has 90 valence electrons. The first-order valence-electron chi connectivity index (χ1n) is 5.45. The molecule has 0 aromatic heterocycles. The van der Waals surface area contributed by atoms with E-state index in [9.17, 15) is 9.59 Å². The Labute approximate surface area is 99.2 Å². The molecule has 2 amide bonds. The largest absolute Gasteiger partial charge is 0.482 e. The molecule has 0 atom stereocenters. The highest BCUT2D eigenvalue weighted by atomic mass is 16.5. The number of rotatable bonds is 3. The van der Waals surface area contributed by atoms with Crippen LogP contribution in [0.1, 0.15) is 12.5 Å². The van der Waals surface area contributed by atoms with Gasteiger partial charge in [0.25, 0.3) is 5.91 Å². The molecule has 2 rings (SSSR count). The maximum Gasteiger partial charge on any atom is 0.262 e. The summed E-state index contributed by atoms with van der Waals surface area (Å²) in [5, 5.41) is 5.47. The van der Waals surface area contributed by atoms with Crippen molar-refractivity contribution in [3.8, 4) is 5.75 Å². The molecule has 0 radical (unpaired) electrons. The van der Waals surface area contributed by atoms with E-state index in [0.29, 0.717) is 18.0 Å². The number of fused-ring (bicyclic) bond motifs is 1. The first-order valence-corrected chi connectivity index (χ1v) is 5.45. The minimum absolute atomic E-state index is 0.0420. The van der Waals surface area contributed by atoms with Crippen LogP contribution in [0, 0.1) is 0 Å². The van der Waals surface area contributed by atoms with E-state index in [1.54, 1.807) is 0 Å². The molecule has 5 heteroatoms. The maximum atomic E-state index is 11.1. The van der Waals surface area contributed by atoms with Gasteiger partial charge >= 0.3 is 0 Å². The van der Waals surface area contributed by atoms with Gasteiger partial charge in [0, 0.05) is 13.5 Å².